The molecule has 13 heavy (non-hydrogen) atoms. The van der Waals surface area contributed by atoms with Crippen molar-refractivity contribution in [3.63, 3.8) is 0 Å². The molecule has 0 aromatic rings. The topological polar surface area (TPSA) is 20.3 Å². The molecule has 0 unspecified atom stereocenters. The van der Waals surface area contributed by atoms with E-state index in [0.717, 1.165) is 18.7 Å². The van der Waals surface area contributed by atoms with E-state index in [-0.39, 0.29) is 5.91 Å². The van der Waals surface area contributed by atoms with Crippen LogP contribution in [0.25, 0.3) is 0 Å². The Labute approximate surface area is 79.9 Å². The first-order valence-corrected chi connectivity index (χ1v) is 4.94. The molecule has 0 aliphatic carbocycles. The molecule has 0 aromatic heterocycles. The Balaban J connectivity index is 2.22. The third-order valence-corrected chi connectivity index (χ3v) is 2.27. The quantitative estimate of drug-likeness (QED) is 0.594. The molecule has 2 heteroatoms. The highest BCUT2D eigenvalue weighted by Gasteiger charge is 2.16. The van der Waals surface area contributed by atoms with Gasteiger partial charge in [-0.2, -0.15) is 0 Å². The first-order valence-electron chi connectivity index (χ1n) is 4.94. The Hall–Kier alpha value is -1.05. The van der Waals surface area contributed by atoms with Gasteiger partial charge in [-0.15, -0.1) is 0 Å². The molecule has 1 rings (SSSR count). The van der Waals surface area contributed by atoms with E-state index in [4.69, 9.17) is 0 Å². The van der Waals surface area contributed by atoms with Crippen molar-refractivity contribution in [3.8, 4) is 0 Å². The third kappa shape index (κ3) is 2.72. The summed E-state index contributed by atoms with van der Waals surface area (Å²) in [5.74, 6) is 0.0847. The average molecular weight is 179 g/mol. The van der Waals surface area contributed by atoms with Crippen LogP contribution in [-0.4, -0.2) is 17.4 Å². The summed E-state index contributed by atoms with van der Waals surface area (Å²) >= 11 is 0. The van der Waals surface area contributed by atoms with Crippen molar-refractivity contribution in [3.05, 3.63) is 24.4 Å². The van der Waals surface area contributed by atoms with Gasteiger partial charge in [-0.05, 0) is 12.5 Å². The highest BCUT2D eigenvalue weighted by molar-refractivity contribution is 5.92. The Morgan fingerprint density at radius 1 is 1.31 bits per heavy atom. The number of hydrogen-bond donors (Lipinski definition) is 0. The molecule has 1 aliphatic heterocycles. The van der Waals surface area contributed by atoms with Crippen molar-refractivity contribution in [2.24, 2.45) is 0 Å². The molecule has 72 valence electrons. The zero-order chi connectivity index (χ0) is 9.68. The largest absolute Gasteiger partial charge is 0.309 e. The van der Waals surface area contributed by atoms with Gasteiger partial charge in [-0.3, -0.25) is 4.79 Å². The summed E-state index contributed by atoms with van der Waals surface area (Å²) in [6.45, 7) is 6.81. The van der Waals surface area contributed by atoms with Crippen LogP contribution in [0.1, 0.15) is 32.6 Å². The van der Waals surface area contributed by atoms with Crippen LogP contribution in [0.3, 0.4) is 0 Å². The van der Waals surface area contributed by atoms with Crippen LogP contribution in [-0.2, 0) is 4.79 Å². The van der Waals surface area contributed by atoms with Crippen LogP contribution in [0.2, 0.25) is 0 Å². The molecule has 0 spiro atoms. The lowest BCUT2D eigenvalue weighted by molar-refractivity contribution is -0.123. The van der Waals surface area contributed by atoms with Gasteiger partial charge in [0.15, 0.2) is 0 Å². The van der Waals surface area contributed by atoms with Gasteiger partial charge in [0.1, 0.15) is 0 Å². The Kier molecular flexibility index (Phi) is 3.74. The van der Waals surface area contributed by atoms with Crippen molar-refractivity contribution < 1.29 is 4.79 Å². The van der Waals surface area contributed by atoms with Crippen molar-refractivity contribution in [2.75, 3.05) is 6.54 Å². The zero-order valence-electron chi connectivity index (χ0n) is 8.25. The van der Waals surface area contributed by atoms with Crippen LogP contribution in [0.15, 0.2) is 24.4 Å². The predicted octanol–water partition coefficient (Wildman–Crippen LogP) is 2.48. The van der Waals surface area contributed by atoms with E-state index in [2.05, 4.69) is 13.5 Å². The highest BCUT2D eigenvalue weighted by atomic mass is 16.2. The number of rotatable bonds is 5. The Morgan fingerprint density at radius 2 is 2.08 bits per heavy atom. The fraction of sp³-hybridized carbons (Fsp3) is 0.545. The predicted molar refractivity (Wildman–Crippen MR) is 54.1 cm³/mol. The van der Waals surface area contributed by atoms with E-state index < -0.39 is 0 Å². The van der Waals surface area contributed by atoms with Gasteiger partial charge in [0, 0.05) is 18.3 Å². The van der Waals surface area contributed by atoms with Crippen molar-refractivity contribution >= 4 is 5.91 Å². The summed E-state index contributed by atoms with van der Waals surface area (Å²) in [6.07, 6.45) is 8.13. The molecule has 0 saturated carbocycles. The van der Waals surface area contributed by atoms with Gasteiger partial charge in [0.05, 0.1) is 0 Å². The molecule has 0 saturated heterocycles. The molecule has 1 amide bonds. The van der Waals surface area contributed by atoms with Crippen molar-refractivity contribution in [1.82, 2.24) is 4.90 Å². The number of carbonyl (C=O) groups excluding carboxylic acids is 1. The molecule has 2 nitrogen and oxygen atoms in total. The van der Waals surface area contributed by atoms with Gasteiger partial charge in [-0.1, -0.05) is 32.8 Å². The monoisotopic (exact) mass is 179 g/mol. The van der Waals surface area contributed by atoms with Gasteiger partial charge >= 0.3 is 0 Å². The van der Waals surface area contributed by atoms with E-state index in [0.29, 0.717) is 0 Å². The van der Waals surface area contributed by atoms with Crippen LogP contribution in [0.4, 0.5) is 0 Å². The second-order valence-corrected chi connectivity index (χ2v) is 3.38. The summed E-state index contributed by atoms with van der Waals surface area (Å²) in [5, 5.41) is 0. The summed E-state index contributed by atoms with van der Waals surface area (Å²) in [5.41, 5.74) is 0.835. The number of amides is 1. The molecule has 1 aliphatic rings. The minimum atomic E-state index is 0.0847. The molecule has 0 aromatic carbocycles. The van der Waals surface area contributed by atoms with Crippen LogP contribution in [0, 0.1) is 0 Å². The molecule has 0 radical (unpaired) electrons. The SMILES string of the molecule is C=C1C=CC(=O)N1CCCCCC. The lowest BCUT2D eigenvalue weighted by Crippen LogP contribution is -2.24. The smallest absolute Gasteiger partial charge is 0.251 e. The van der Waals surface area contributed by atoms with Gasteiger partial charge in [-0.25, -0.2) is 0 Å². The van der Waals surface area contributed by atoms with Gasteiger partial charge in [0.25, 0.3) is 5.91 Å². The molecule has 0 atom stereocenters. The molecule has 1 heterocycles. The Morgan fingerprint density at radius 3 is 2.62 bits per heavy atom. The van der Waals surface area contributed by atoms with Gasteiger partial charge in [0.2, 0.25) is 0 Å². The van der Waals surface area contributed by atoms with E-state index in [1.54, 1.807) is 17.1 Å². The van der Waals surface area contributed by atoms with E-state index >= 15 is 0 Å². The third-order valence-electron chi connectivity index (χ3n) is 2.27. The zero-order valence-corrected chi connectivity index (χ0v) is 8.25. The second kappa shape index (κ2) is 4.85. The molecule has 0 fully saturated rings. The van der Waals surface area contributed by atoms with Crippen molar-refractivity contribution in [2.45, 2.75) is 32.6 Å². The first-order chi connectivity index (χ1) is 6.25. The minimum absolute atomic E-state index is 0.0847. The Bertz CT molecular complexity index is 212. The van der Waals surface area contributed by atoms with Crippen LogP contribution < -0.4 is 0 Å². The fourth-order valence-electron chi connectivity index (χ4n) is 1.44. The summed E-state index contributed by atoms with van der Waals surface area (Å²) < 4.78 is 0. The summed E-state index contributed by atoms with van der Waals surface area (Å²) in [4.78, 5) is 13.0. The van der Waals surface area contributed by atoms with Crippen molar-refractivity contribution in [1.29, 1.82) is 0 Å². The maximum atomic E-state index is 11.2. The molecular formula is C11H17NO. The van der Waals surface area contributed by atoms with E-state index in [1.165, 1.54) is 19.3 Å². The minimum Gasteiger partial charge on any atom is -0.309 e. The van der Waals surface area contributed by atoms with Crippen LogP contribution in [0.5, 0.6) is 0 Å². The number of hydrogen-bond acceptors (Lipinski definition) is 1. The van der Waals surface area contributed by atoms with Gasteiger partial charge < -0.3 is 4.90 Å². The highest BCUT2D eigenvalue weighted by Crippen LogP contribution is 2.14. The number of allylic oxidation sites excluding steroid dienone is 1. The van der Waals surface area contributed by atoms with Crippen LogP contribution >= 0.6 is 0 Å². The standard InChI is InChI=1S/C11H17NO/c1-3-4-5-6-9-12-10(2)7-8-11(12)13/h7-8H,2-6,9H2,1H3. The van der Waals surface area contributed by atoms with E-state index in [1.807, 2.05) is 0 Å². The fourth-order valence-corrected chi connectivity index (χ4v) is 1.44. The normalized spacial score (nSPS) is 15.9. The molecule has 0 N–H and O–H groups in total. The summed E-state index contributed by atoms with van der Waals surface area (Å²) in [7, 11) is 0. The lowest BCUT2D eigenvalue weighted by atomic mass is 10.2. The lowest BCUT2D eigenvalue weighted by Gasteiger charge is -2.16. The number of nitrogens with zero attached hydrogens (tertiary/aromatic N) is 1. The maximum Gasteiger partial charge on any atom is 0.251 e. The average Bonchev–Trinajstić information content (AvgIpc) is 2.42. The maximum absolute atomic E-state index is 11.2. The first kappa shape index (κ1) is 10.0. The number of carbonyl (C=O) groups is 1. The number of unbranched alkanes of at least 4 members (excludes halogenated alkanes) is 3. The second-order valence-electron chi connectivity index (χ2n) is 3.38. The molecular weight excluding hydrogens is 162 g/mol. The summed E-state index contributed by atoms with van der Waals surface area (Å²) in [6, 6.07) is 0. The molecule has 0 bridgehead atoms. The van der Waals surface area contributed by atoms with E-state index in [9.17, 15) is 4.79 Å².